The number of rotatable bonds is 2. The van der Waals surface area contributed by atoms with Crippen LogP contribution in [0.4, 0.5) is 0 Å². The maximum Gasteiger partial charge on any atom is 0.0175 e. The van der Waals surface area contributed by atoms with Gasteiger partial charge in [-0.3, -0.25) is 0 Å². The number of aromatic nitrogens is 1. The highest BCUT2D eigenvalue weighted by Crippen LogP contribution is 2.18. The Hall–Kier alpha value is -0.720. The molecule has 1 aromatic rings. The zero-order chi connectivity index (χ0) is 8.43. The van der Waals surface area contributed by atoms with E-state index in [1.54, 1.807) is 0 Å². The van der Waals surface area contributed by atoms with Crippen LogP contribution < -0.4 is 0 Å². The topological polar surface area (TPSA) is 15.8 Å². The molecule has 0 atom stereocenters. The van der Waals surface area contributed by atoms with Crippen LogP contribution in [0.15, 0.2) is 12.1 Å². The van der Waals surface area contributed by atoms with Crippen molar-refractivity contribution in [2.45, 2.75) is 39.5 Å². The molecule has 0 aliphatic carbocycles. The molecule has 0 aromatic carbocycles. The van der Waals surface area contributed by atoms with E-state index in [4.69, 9.17) is 0 Å². The summed E-state index contributed by atoms with van der Waals surface area (Å²) >= 11 is 0. The van der Waals surface area contributed by atoms with E-state index in [9.17, 15) is 0 Å². The second kappa shape index (κ2) is 3.12. The standard InChI is InChI=1S/C10H17N/c1-7(2)9-5-6-10(11-9)8(3)4/h5-8,11H,1-4H3. The van der Waals surface area contributed by atoms with Crippen molar-refractivity contribution in [2.75, 3.05) is 0 Å². The molecular weight excluding hydrogens is 134 g/mol. The Balaban J connectivity index is 2.82. The van der Waals surface area contributed by atoms with Crippen LogP contribution in [0.3, 0.4) is 0 Å². The van der Waals surface area contributed by atoms with Crippen LogP contribution in [0.5, 0.6) is 0 Å². The van der Waals surface area contributed by atoms with E-state index in [0.29, 0.717) is 11.8 Å². The van der Waals surface area contributed by atoms with Gasteiger partial charge in [0.25, 0.3) is 0 Å². The summed E-state index contributed by atoms with van der Waals surface area (Å²) in [7, 11) is 0. The highest BCUT2D eigenvalue weighted by molar-refractivity contribution is 5.17. The molecule has 0 amide bonds. The summed E-state index contributed by atoms with van der Waals surface area (Å²) in [4.78, 5) is 3.41. The van der Waals surface area contributed by atoms with Gasteiger partial charge < -0.3 is 4.98 Å². The quantitative estimate of drug-likeness (QED) is 0.667. The zero-order valence-corrected chi connectivity index (χ0v) is 7.81. The van der Waals surface area contributed by atoms with Gasteiger partial charge in [0, 0.05) is 11.4 Å². The largest absolute Gasteiger partial charge is 0.362 e. The van der Waals surface area contributed by atoms with Gasteiger partial charge in [-0.05, 0) is 24.0 Å². The first-order chi connectivity index (χ1) is 5.11. The Morgan fingerprint density at radius 1 is 0.909 bits per heavy atom. The van der Waals surface area contributed by atoms with Crippen molar-refractivity contribution in [3.63, 3.8) is 0 Å². The fourth-order valence-corrected chi connectivity index (χ4v) is 1.10. The minimum absolute atomic E-state index is 0.613. The first kappa shape index (κ1) is 8.38. The van der Waals surface area contributed by atoms with Crippen LogP contribution in [0.25, 0.3) is 0 Å². The van der Waals surface area contributed by atoms with E-state index in [1.165, 1.54) is 11.4 Å². The molecule has 1 nitrogen and oxygen atoms in total. The third-order valence-corrected chi connectivity index (χ3v) is 1.98. The third kappa shape index (κ3) is 1.86. The van der Waals surface area contributed by atoms with Gasteiger partial charge in [0.15, 0.2) is 0 Å². The fraction of sp³-hybridized carbons (Fsp3) is 0.600. The van der Waals surface area contributed by atoms with Gasteiger partial charge in [0.05, 0.1) is 0 Å². The Morgan fingerprint density at radius 2 is 1.27 bits per heavy atom. The van der Waals surface area contributed by atoms with Gasteiger partial charge in [-0.25, -0.2) is 0 Å². The fourth-order valence-electron chi connectivity index (χ4n) is 1.10. The normalized spacial score (nSPS) is 11.5. The van der Waals surface area contributed by atoms with Crippen LogP contribution in [0.1, 0.15) is 50.9 Å². The molecule has 11 heavy (non-hydrogen) atoms. The molecule has 0 unspecified atom stereocenters. The van der Waals surface area contributed by atoms with Gasteiger partial charge in [0.1, 0.15) is 0 Å². The van der Waals surface area contributed by atoms with Crippen LogP contribution in [-0.2, 0) is 0 Å². The molecule has 1 N–H and O–H groups in total. The van der Waals surface area contributed by atoms with Crippen LogP contribution >= 0.6 is 0 Å². The van der Waals surface area contributed by atoms with Crippen LogP contribution in [-0.4, -0.2) is 4.98 Å². The summed E-state index contributed by atoms with van der Waals surface area (Å²) in [5.74, 6) is 1.23. The molecule has 0 aliphatic rings. The van der Waals surface area contributed by atoms with Crippen LogP contribution in [0, 0.1) is 0 Å². The summed E-state index contributed by atoms with van der Waals surface area (Å²) in [5, 5.41) is 0. The second-order valence-electron chi connectivity index (χ2n) is 3.68. The molecule has 0 aliphatic heterocycles. The molecule has 62 valence electrons. The minimum Gasteiger partial charge on any atom is -0.362 e. The van der Waals surface area contributed by atoms with Crippen molar-refractivity contribution in [1.29, 1.82) is 0 Å². The van der Waals surface area contributed by atoms with Crippen molar-refractivity contribution in [3.8, 4) is 0 Å². The lowest BCUT2D eigenvalue weighted by Gasteiger charge is -2.02. The molecule has 0 spiro atoms. The van der Waals surface area contributed by atoms with Crippen LogP contribution in [0.2, 0.25) is 0 Å². The first-order valence-electron chi connectivity index (χ1n) is 4.30. The molecule has 0 fully saturated rings. The Bertz CT molecular complexity index is 198. The van der Waals surface area contributed by atoms with Crippen molar-refractivity contribution < 1.29 is 0 Å². The van der Waals surface area contributed by atoms with E-state index < -0.39 is 0 Å². The predicted molar refractivity (Wildman–Crippen MR) is 49.0 cm³/mol. The molecule has 1 aromatic heterocycles. The van der Waals surface area contributed by atoms with Gasteiger partial charge in [-0.15, -0.1) is 0 Å². The monoisotopic (exact) mass is 151 g/mol. The number of H-pyrrole nitrogens is 1. The summed E-state index contributed by atoms with van der Waals surface area (Å²) in [6, 6.07) is 4.36. The lowest BCUT2D eigenvalue weighted by molar-refractivity contribution is 0.787. The SMILES string of the molecule is CC(C)c1ccc(C(C)C)[nH]1. The molecule has 1 heteroatoms. The van der Waals surface area contributed by atoms with E-state index in [0.717, 1.165) is 0 Å². The molecule has 0 saturated heterocycles. The van der Waals surface area contributed by atoms with Crippen molar-refractivity contribution in [2.24, 2.45) is 0 Å². The van der Waals surface area contributed by atoms with Gasteiger partial charge in [0.2, 0.25) is 0 Å². The maximum absolute atomic E-state index is 3.41. The Labute approximate surface area is 68.8 Å². The van der Waals surface area contributed by atoms with Gasteiger partial charge in [-0.2, -0.15) is 0 Å². The lowest BCUT2D eigenvalue weighted by Crippen LogP contribution is -1.90. The number of aromatic amines is 1. The van der Waals surface area contributed by atoms with Crippen molar-refractivity contribution in [3.05, 3.63) is 23.5 Å². The van der Waals surface area contributed by atoms with E-state index in [-0.39, 0.29) is 0 Å². The number of hydrogen-bond donors (Lipinski definition) is 1. The zero-order valence-electron chi connectivity index (χ0n) is 7.81. The lowest BCUT2D eigenvalue weighted by atomic mass is 10.1. The Morgan fingerprint density at radius 3 is 1.45 bits per heavy atom. The first-order valence-corrected chi connectivity index (χ1v) is 4.30. The summed E-state index contributed by atoms with van der Waals surface area (Å²) < 4.78 is 0. The average molecular weight is 151 g/mol. The summed E-state index contributed by atoms with van der Waals surface area (Å²) in [5.41, 5.74) is 2.68. The molecule has 0 radical (unpaired) electrons. The van der Waals surface area contributed by atoms with E-state index >= 15 is 0 Å². The van der Waals surface area contributed by atoms with Crippen molar-refractivity contribution in [1.82, 2.24) is 4.98 Å². The van der Waals surface area contributed by atoms with Crippen molar-refractivity contribution >= 4 is 0 Å². The molecule has 0 bridgehead atoms. The predicted octanol–water partition coefficient (Wildman–Crippen LogP) is 3.26. The highest BCUT2D eigenvalue weighted by Gasteiger charge is 2.04. The van der Waals surface area contributed by atoms with Gasteiger partial charge >= 0.3 is 0 Å². The minimum atomic E-state index is 0.613. The average Bonchev–Trinajstić information content (AvgIpc) is 2.33. The highest BCUT2D eigenvalue weighted by atomic mass is 14.7. The van der Waals surface area contributed by atoms with Gasteiger partial charge in [-0.1, -0.05) is 27.7 Å². The third-order valence-electron chi connectivity index (χ3n) is 1.98. The summed E-state index contributed by atoms with van der Waals surface area (Å²) in [6.07, 6.45) is 0. The summed E-state index contributed by atoms with van der Waals surface area (Å²) in [6.45, 7) is 8.82. The molecule has 1 heterocycles. The smallest absolute Gasteiger partial charge is 0.0175 e. The van der Waals surface area contributed by atoms with E-state index in [2.05, 4.69) is 44.8 Å². The second-order valence-corrected chi connectivity index (χ2v) is 3.68. The number of hydrogen-bond acceptors (Lipinski definition) is 0. The maximum atomic E-state index is 3.41. The molecule has 0 saturated carbocycles. The number of nitrogens with one attached hydrogen (secondary N) is 1. The molecular formula is C10H17N. The Kier molecular flexibility index (Phi) is 2.38. The van der Waals surface area contributed by atoms with E-state index in [1.807, 2.05) is 0 Å². The molecule has 1 rings (SSSR count).